The van der Waals surface area contributed by atoms with Crippen LogP contribution < -0.4 is 4.90 Å². The molecule has 3 heterocycles. The second kappa shape index (κ2) is 9.11. The third-order valence-electron chi connectivity index (χ3n) is 6.41. The van der Waals surface area contributed by atoms with Crippen LogP contribution in [0, 0.1) is 6.92 Å². The Kier molecular flexibility index (Phi) is 5.98. The van der Waals surface area contributed by atoms with E-state index in [1.54, 1.807) is 35.6 Å². The molecule has 0 saturated carbocycles. The lowest BCUT2D eigenvalue weighted by Gasteiger charge is -2.32. The van der Waals surface area contributed by atoms with Crippen molar-refractivity contribution in [3.63, 3.8) is 0 Å². The summed E-state index contributed by atoms with van der Waals surface area (Å²) in [4.78, 5) is 46.9. The van der Waals surface area contributed by atoms with E-state index in [1.165, 1.54) is 21.6 Å². The molecule has 0 bridgehead atoms. The first-order chi connectivity index (χ1) is 16.9. The zero-order valence-corrected chi connectivity index (χ0v) is 20.5. The highest BCUT2D eigenvalue weighted by Gasteiger charge is 2.46. The van der Waals surface area contributed by atoms with Gasteiger partial charge in [-0.25, -0.2) is 9.88 Å². The fourth-order valence-corrected chi connectivity index (χ4v) is 5.46. The van der Waals surface area contributed by atoms with Crippen molar-refractivity contribution >= 4 is 45.0 Å². The van der Waals surface area contributed by atoms with E-state index in [0.29, 0.717) is 12.1 Å². The Morgan fingerprint density at radius 2 is 1.97 bits per heavy atom. The number of hydrogen-bond acceptors (Lipinski definition) is 6. The highest BCUT2D eigenvalue weighted by Crippen LogP contribution is 2.33. The van der Waals surface area contributed by atoms with Crippen LogP contribution in [0.1, 0.15) is 42.8 Å². The number of carbonyl (C=O) groups excluding carboxylic acids is 3. The lowest BCUT2D eigenvalue weighted by Crippen LogP contribution is -2.49. The summed E-state index contributed by atoms with van der Waals surface area (Å²) < 4.78 is 6.40. The van der Waals surface area contributed by atoms with Gasteiger partial charge in [0.25, 0.3) is 11.8 Å². The second-order valence-electron chi connectivity index (χ2n) is 8.77. The van der Waals surface area contributed by atoms with Gasteiger partial charge in [0.1, 0.15) is 11.0 Å². The van der Waals surface area contributed by atoms with E-state index in [1.807, 2.05) is 38.1 Å². The highest BCUT2D eigenvalue weighted by atomic mass is 32.1. The Balaban J connectivity index is 1.41. The van der Waals surface area contributed by atoms with Crippen molar-refractivity contribution in [1.29, 1.82) is 0 Å². The lowest BCUT2D eigenvalue weighted by atomic mass is 10.1. The summed E-state index contributed by atoms with van der Waals surface area (Å²) in [5.74, 6) is -0.972. The molecule has 7 nitrogen and oxygen atoms in total. The summed E-state index contributed by atoms with van der Waals surface area (Å²) in [6.07, 6.45) is 2.00. The smallest absolute Gasteiger partial charge is 0.290 e. The van der Waals surface area contributed by atoms with Gasteiger partial charge in [-0.3, -0.25) is 14.4 Å². The monoisotopic (exact) mass is 487 g/mol. The summed E-state index contributed by atoms with van der Waals surface area (Å²) in [6, 6.07) is 15.5. The average molecular weight is 488 g/mol. The van der Waals surface area contributed by atoms with Gasteiger partial charge in [0.05, 0.1) is 28.6 Å². The van der Waals surface area contributed by atoms with Crippen molar-refractivity contribution in [3.8, 4) is 10.6 Å². The lowest BCUT2D eigenvalue weighted by molar-refractivity contribution is -0.123. The molecule has 1 aliphatic heterocycles. The molecule has 2 aromatic heterocycles. The number of imide groups is 1. The van der Waals surface area contributed by atoms with Gasteiger partial charge in [-0.1, -0.05) is 13.0 Å². The molecule has 1 aliphatic rings. The van der Waals surface area contributed by atoms with E-state index in [0.717, 1.165) is 20.8 Å². The number of hydrogen-bond donors (Lipinski definition) is 0. The van der Waals surface area contributed by atoms with Crippen LogP contribution in [-0.4, -0.2) is 39.7 Å². The highest BCUT2D eigenvalue weighted by molar-refractivity contribution is 7.21. The van der Waals surface area contributed by atoms with Crippen LogP contribution in [0.4, 0.5) is 5.69 Å². The Morgan fingerprint density at radius 3 is 2.66 bits per heavy atom. The number of amides is 3. The molecule has 1 saturated heterocycles. The van der Waals surface area contributed by atoms with Gasteiger partial charge in [-0.15, -0.1) is 11.3 Å². The Labute approximate surface area is 207 Å². The molecular formula is C27H25N3O4S. The fraction of sp³-hybridized carbons (Fsp3) is 0.259. The molecule has 0 N–H and O–H groups in total. The molecule has 8 heteroatoms. The molecule has 2 aromatic carbocycles. The zero-order valence-electron chi connectivity index (χ0n) is 19.7. The van der Waals surface area contributed by atoms with E-state index in [9.17, 15) is 14.4 Å². The first-order valence-corrected chi connectivity index (χ1v) is 12.4. The Morgan fingerprint density at radius 1 is 1.20 bits per heavy atom. The molecular weight excluding hydrogens is 462 g/mol. The molecule has 35 heavy (non-hydrogen) atoms. The van der Waals surface area contributed by atoms with Crippen LogP contribution in [0.15, 0.2) is 65.3 Å². The van der Waals surface area contributed by atoms with E-state index in [-0.39, 0.29) is 24.1 Å². The van der Waals surface area contributed by atoms with Gasteiger partial charge in [-0.05, 0) is 74.4 Å². The van der Waals surface area contributed by atoms with E-state index >= 15 is 0 Å². The second-order valence-corrected chi connectivity index (χ2v) is 9.80. The van der Waals surface area contributed by atoms with E-state index in [4.69, 9.17) is 9.40 Å². The minimum absolute atomic E-state index is 0.0609. The predicted molar refractivity (Wildman–Crippen MR) is 135 cm³/mol. The summed E-state index contributed by atoms with van der Waals surface area (Å²) in [7, 11) is 0. The SMILES string of the molecule is CCC(C)N(C(=O)c1ccco1)C1CC(=O)N(c2ccc(-c3nc4ccc(C)cc4s3)cc2)C1=O. The number of carbonyl (C=O) groups is 3. The number of aryl methyl sites for hydroxylation is 1. The van der Waals surface area contributed by atoms with Crippen molar-refractivity contribution in [2.24, 2.45) is 0 Å². The van der Waals surface area contributed by atoms with Crippen molar-refractivity contribution < 1.29 is 18.8 Å². The maximum Gasteiger partial charge on any atom is 0.290 e. The predicted octanol–water partition coefficient (Wildman–Crippen LogP) is 5.44. The molecule has 2 atom stereocenters. The molecule has 0 radical (unpaired) electrons. The van der Waals surface area contributed by atoms with Crippen LogP contribution in [0.5, 0.6) is 0 Å². The molecule has 4 aromatic rings. The Hall–Kier alpha value is -3.78. The molecule has 5 rings (SSSR count). The normalized spacial score (nSPS) is 16.8. The van der Waals surface area contributed by atoms with Crippen LogP contribution in [0.25, 0.3) is 20.8 Å². The summed E-state index contributed by atoms with van der Waals surface area (Å²) in [6.45, 7) is 5.86. The Bertz CT molecular complexity index is 1410. The number of fused-ring (bicyclic) bond motifs is 1. The number of rotatable bonds is 6. The third-order valence-corrected chi connectivity index (χ3v) is 7.47. The minimum Gasteiger partial charge on any atom is -0.459 e. The topological polar surface area (TPSA) is 83.7 Å². The van der Waals surface area contributed by atoms with Gasteiger partial charge in [0.15, 0.2) is 5.76 Å². The molecule has 3 amide bonds. The summed E-state index contributed by atoms with van der Waals surface area (Å²) in [5.41, 5.74) is 3.52. The van der Waals surface area contributed by atoms with E-state index < -0.39 is 17.9 Å². The van der Waals surface area contributed by atoms with Gasteiger partial charge in [0, 0.05) is 11.6 Å². The first kappa shape index (κ1) is 23.0. The van der Waals surface area contributed by atoms with Crippen molar-refractivity contribution in [2.75, 3.05) is 4.90 Å². The zero-order chi connectivity index (χ0) is 24.7. The van der Waals surface area contributed by atoms with E-state index in [2.05, 4.69) is 13.0 Å². The number of thiazole rings is 1. The van der Waals surface area contributed by atoms with Crippen LogP contribution >= 0.6 is 11.3 Å². The number of furan rings is 1. The van der Waals surface area contributed by atoms with Crippen LogP contribution in [0.2, 0.25) is 0 Å². The third kappa shape index (κ3) is 4.14. The molecule has 0 aliphatic carbocycles. The van der Waals surface area contributed by atoms with Gasteiger partial charge in [0.2, 0.25) is 5.91 Å². The van der Waals surface area contributed by atoms with Crippen molar-refractivity contribution in [2.45, 2.75) is 45.7 Å². The summed E-state index contributed by atoms with van der Waals surface area (Å²) >= 11 is 1.60. The van der Waals surface area contributed by atoms with Crippen LogP contribution in [-0.2, 0) is 9.59 Å². The fourth-order valence-electron chi connectivity index (χ4n) is 4.39. The maximum atomic E-state index is 13.4. The average Bonchev–Trinajstić information content (AvgIpc) is 3.59. The van der Waals surface area contributed by atoms with Crippen molar-refractivity contribution in [3.05, 3.63) is 72.2 Å². The first-order valence-electron chi connectivity index (χ1n) is 11.6. The van der Waals surface area contributed by atoms with Gasteiger partial charge in [-0.2, -0.15) is 0 Å². The number of nitrogens with zero attached hydrogens (tertiary/aromatic N) is 3. The molecule has 0 spiro atoms. The molecule has 178 valence electrons. The van der Waals surface area contributed by atoms with Crippen molar-refractivity contribution in [1.82, 2.24) is 9.88 Å². The minimum atomic E-state index is -0.873. The molecule has 2 unspecified atom stereocenters. The maximum absolute atomic E-state index is 13.4. The van der Waals surface area contributed by atoms with Gasteiger partial charge < -0.3 is 9.32 Å². The number of aromatic nitrogens is 1. The number of benzene rings is 2. The largest absolute Gasteiger partial charge is 0.459 e. The van der Waals surface area contributed by atoms with Gasteiger partial charge >= 0.3 is 0 Å². The standard InChI is InChI=1S/C27H25N3O4S/c1-4-17(3)29(27(33)22-6-5-13-34-22)21-15-24(31)30(26(21)32)19-10-8-18(9-11-19)25-28-20-12-7-16(2)14-23(20)35-25/h5-14,17,21H,4,15H2,1-3H3. The quantitative estimate of drug-likeness (QED) is 0.338. The summed E-state index contributed by atoms with van der Waals surface area (Å²) in [5, 5.41) is 0.876. The molecule has 1 fully saturated rings. The van der Waals surface area contributed by atoms with Crippen LogP contribution in [0.3, 0.4) is 0 Å². The number of anilines is 1.